The van der Waals surface area contributed by atoms with Crippen LogP contribution in [-0.4, -0.2) is 34.7 Å². The molecule has 1 amide bonds. The maximum Gasteiger partial charge on any atom is 0.265 e. The van der Waals surface area contributed by atoms with Crippen LogP contribution in [0.1, 0.15) is 57.9 Å². The molecular formula is C19H19N3O2S. The Kier molecular flexibility index (Phi) is 5.25. The van der Waals surface area contributed by atoms with Crippen LogP contribution in [0.3, 0.4) is 0 Å². The summed E-state index contributed by atoms with van der Waals surface area (Å²) in [5.74, 6) is -0.526. The summed E-state index contributed by atoms with van der Waals surface area (Å²) in [6.45, 7) is 3.10. The highest BCUT2D eigenvalue weighted by molar-refractivity contribution is 7.13. The smallest absolute Gasteiger partial charge is 0.265 e. The molecule has 3 rings (SSSR count). The number of Topliss-reactive ketones (excluding diaryl/α,β-unsaturated/α-hetero) is 1. The molecule has 0 radical (unpaired) electrons. The molecule has 1 aromatic heterocycles. The van der Waals surface area contributed by atoms with Crippen molar-refractivity contribution < 1.29 is 9.59 Å². The Balaban J connectivity index is 1.85. The number of likely N-dealkylation sites (tertiary alicyclic amines) is 1. The number of carbonyl (C=O) groups is 2. The Hall–Kier alpha value is -2.52. The van der Waals surface area contributed by atoms with Crippen LogP contribution < -0.4 is 0 Å². The minimum absolute atomic E-state index is 0.00517. The summed E-state index contributed by atoms with van der Waals surface area (Å²) >= 11 is 1.29. The molecule has 1 unspecified atom stereocenters. The molecule has 1 aromatic carbocycles. The standard InChI is InChI=1S/C19H19N3O2S/c1-13(23)17(15-7-5-14(11-20)6-8-15)18-21-12-16(25-18)19(24)22-9-3-2-4-10-22/h5-8,12,17H,2-4,9-10H2,1H3. The average Bonchev–Trinajstić information content (AvgIpc) is 3.12. The predicted molar refractivity (Wildman–Crippen MR) is 95.5 cm³/mol. The van der Waals surface area contributed by atoms with E-state index in [0.717, 1.165) is 31.5 Å². The zero-order chi connectivity index (χ0) is 17.8. The van der Waals surface area contributed by atoms with Crippen LogP contribution in [0.4, 0.5) is 0 Å². The molecule has 1 saturated heterocycles. The van der Waals surface area contributed by atoms with Crippen LogP contribution in [-0.2, 0) is 4.79 Å². The van der Waals surface area contributed by atoms with Crippen molar-refractivity contribution in [2.45, 2.75) is 32.1 Å². The molecule has 1 aliphatic heterocycles. The van der Waals surface area contributed by atoms with E-state index >= 15 is 0 Å². The maximum atomic E-state index is 12.6. The molecule has 1 aliphatic rings. The largest absolute Gasteiger partial charge is 0.338 e. The van der Waals surface area contributed by atoms with Crippen molar-refractivity contribution in [2.24, 2.45) is 0 Å². The third-order valence-corrected chi connectivity index (χ3v) is 5.45. The number of benzene rings is 1. The van der Waals surface area contributed by atoms with E-state index in [-0.39, 0.29) is 11.7 Å². The third-order valence-electron chi connectivity index (χ3n) is 4.40. The van der Waals surface area contributed by atoms with Crippen molar-refractivity contribution in [3.8, 4) is 6.07 Å². The summed E-state index contributed by atoms with van der Waals surface area (Å²) in [6, 6.07) is 9.01. The number of thiazole rings is 1. The Labute approximate surface area is 150 Å². The highest BCUT2D eigenvalue weighted by Gasteiger charge is 2.26. The lowest BCUT2D eigenvalue weighted by atomic mass is 9.95. The summed E-state index contributed by atoms with van der Waals surface area (Å²) in [5.41, 5.74) is 1.34. The number of carbonyl (C=O) groups excluding carboxylic acids is 2. The number of hydrogen-bond acceptors (Lipinski definition) is 5. The normalized spacial score (nSPS) is 15.4. The molecule has 0 aliphatic carbocycles. The van der Waals surface area contributed by atoms with Crippen molar-refractivity contribution in [1.82, 2.24) is 9.88 Å². The van der Waals surface area contributed by atoms with E-state index in [1.807, 2.05) is 4.90 Å². The van der Waals surface area contributed by atoms with Crippen molar-refractivity contribution in [3.05, 3.63) is 51.5 Å². The number of piperidine rings is 1. The second kappa shape index (κ2) is 7.58. The summed E-state index contributed by atoms with van der Waals surface area (Å²) in [7, 11) is 0. The lowest BCUT2D eigenvalue weighted by Gasteiger charge is -2.25. The van der Waals surface area contributed by atoms with Crippen molar-refractivity contribution >= 4 is 23.0 Å². The molecule has 2 aromatic rings. The molecule has 1 fully saturated rings. The van der Waals surface area contributed by atoms with Crippen LogP contribution in [0.25, 0.3) is 0 Å². The summed E-state index contributed by atoms with van der Waals surface area (Å²) in [5, 5.41) is 9.53. The zero-order valence-electron chi connectivity index (χ0n) is 14.1. The molecule has 1 atom stereocenters. The second-order valence-corrected chi connectivity index (χ2v) is 7.26. The Morgan fingerprint density at radius 2 is 1.88 bits per heavy atom. The van der Waals surface area contributed by atoms with Gasteiger partial charge in [0.15, 0.2) is 0 Å². The fourth-order valence-corrected chi connectivity index (χ4v) is 4.15. The van der Waals surface area contributed by atoms with Crippen LogP contribution in [0.2, 0.25) is 0 Å². The summed E-state index contributed by atoms with van der Waals surface area (Å²) < 4.78 is 0. The number of nitrogens with zero attached hydrogens (tertiary/aromatic N) is 3. The fraction of sp³-hybridized carbons (Fsp3) is 0.368. The van der Waals surface area contributed by atoms with Gasteiger partial charge in [0.05, 0.1) is 23.7 Å². The number of aromatic nitrogens is 1. The first-order chi connectivity index (χ1) is 12.1. The minimum Gasteiger partial charge on any atom is -0.338 e. The maximum absolute atomic E-state index is 12.6. The van der Waals surface area contributed by atoms with Crippen molar-refractivity contribution in [3.63, 3.8) is 0 Å². The topological polar surface area (TPSA) is 74.1 Å². The molecule has 6 heteroatoms. The third kappa shape index (κ3) is 3.77. The van der Waals surface area contributed by atoms with Gasteiger partial charge in [0.2, 0.25) is 0 Å². The summed E-state index contributed by atoms with van der Waals surface area (Å²) in [6.07, 6.45) is 4.83. The second-order valence-electron chi connectivity index (χ2n) is 6.19. The Morgan fingerprint density at radius 3 is 2.48 bits per heavy atom. The highest BCUT2D eigenvalue weighted by atomic mass is 32.1. The van der Waals surface area contributed by atoms with E-state index in [9.17, 15) is 9.59 Å². The molecule has 2 heterocycles. The molecule has 128 valence electrons. The number of hydrogen-bond donors (Lipinski definition) is 0. The molecule has 25 heavy (non-hydrogen) atoms. The Morgan fingerprint density at radius 1 is 1.20 bits per heavy atom. The van der Waals surface area contributed by atoms with E-state index in [1.165, 1.54) is 24.7 Å². The predicted octanol–water partition coefficient (Wildman–Crippen LogP) is 3.36. The van der Waals surface area contributed by atoms with Gasteiger partial charge in [-0.2, -0.15) is 5.26 Å². The van der Waals surface area contributed by atoms with Gasteiger partial charge in [-0.3, -0.25) is 9.59 Å². The first-order valence-electron chi connectivity index (χ1n) is 8.35. The van der Waals surface area contributed by atoms with Gasteiger partial charge in [0.25, 0.3) is 5.91 Å². The van der Waals surface area contributed by atoms with Crippen LogP contribution in [0.15, 0.2) is 30.5 Å². The summed E-state index contributed by atoms with van der Waals surface area (Å²) in [4.78, 5) is 31.6. The van der Waals surface area contributed by atoms with Crippen LogP contribution in [0.5, 0.6) is 0 Å². The number of amides is 1. The number of rotatable bonds is 4. The van der Waals surface area contributed by atoms with Gasteiger partial charge in [0.1, 0.15) is 15.7 Å². The van der Waals surface area contributed by atoms with Gasteiger partial charge in [-0.05, 0) is 43.9 Å². The average molecular weight is 353 g/mol. The van der Waals surface area contributed by atoms with Gasteiger partial charge in [-0.1, -0.05) is 12.1 Å². The lowest BCUT2D eigenvalue weighted by Crippen LogP contribution is -2.35. The molecule has 0 bridgehead atoms. The van der Waals surface area contributed by atoms with Crippen molar-refractivity contribution in [1.29, 1.82) is 5.26 Å². The molecular weight excluding hydrogens is 334 g/mol. The van der Waals surface area contributed by atoms with Crippen molar-refractivity contribution in [2.75, 3.05) is 13.1 Å². The number of ketones is 1. The zero-order valence-corrected chi connectivity index (χ0v) is 14.9. The van der Waals surface area contributed by atoms with E-state index in [2.05, 4.69) is 11.1 Å². The SMILES string of the molecule is CC(=O)C(c1ccc(C#N)cc1)c1ncc(C(=O)N2CCCCC2)s1. The van der Waals surface area contributed by atoms with Gasteiger partial charge < -0.3 is 4.90 Å². The molecule has 0 N–H and O–H groups in total. The van der Waals surface area contributed by atoms with Gasteiger partial charge in [-0.25, -0.2) is 4.98 Å². The molecule has 0 spiro atoms. The van der Waals surface area contributed by atoms with E-state index in [4.69, 9.17) is 5.26 Å². The first-order valence-corrected chi connectivity index (χ1v) is 9.17. The fourth-order valence-electron chi connectivity index (χ4n) is 3.07. The number of nitriles is 1. The van der Waals surface area contributed by atoms with Crippen LogP contribution in [0, 0.1) is 11.3 Å². The van der Waals surface area contributed by atoms with Gasteiger partial charge in [0, 0.05) is 13.1 Å². The molecule has 0 saturated carbocycles. The quantitative estimate of drug-likeness (QED) is 0.845. The first kappa shape index (κ1) is 17.3. The monoisotopic (exact) mass is 353 g/mol. The van der Waals surface area contributed by atoms with Crippen LogP contribution >= 0.6 is 11.3 Å². The minimum atomic E-state index is -0.499. The molecule has 5 nitrogen and oxygen atoms in total. The lowest BCUT2D eigenvalue weighted by molar-refractivity contribution is -0.117. The Bertz CT molecular complexity index is 814. The highest BCUT2D eigenvalue weighted by Crippen LogP contribution is 2.30. The van der Waals surface area contributed by atoms with E-state index in [0.29, 0.717) is 15.4 Å². The van der Waals surface area contributed by atoms with E-state index < -0.39 is 5.92 Å². The van der Waals surface area contributed by atoms with Gasteiger partial charge in [-0.15, -0.1) is 11.3 Å². The van der Waals surface area contributed by atoms with E-state index in [1.54, 1.807) is 30.5 Å². The van der Waals surface area contributed by atoms with Gasteiger partial charge >= 0.3 is 0 Å².